The molecule has 0 unspecified atom stereocenters. The van der Waals surface area contributed by atoms with Gasteiger partial charge in [-0.05, 0) is 0 Å². The maximum absolute atomic E-state index is 2.53. The van der Waals surface area contributed by atoms with Gasteiger partial charge >= 0.3 is 200 Å². The Morgan fingerprint density at radius 2 is 0.564 bits per heavy atom. The van der Waals surface area contributed by atoms with Crippen LogP contribution in [-0.4, -0.2) is 33.0 Å². The van der Waals surface area contributed by atoms with Crippen molar-refractivity contribution in [3.05, 3.63) is 57.6 Å². The monoisotopic (exact) mass is 626 g/mol. The van der Waals surface area contributed by atoms with Crippen LogP contribution in [0.5, 0.6) is 0 Å². The Bertz CT molecular complexity index is 839. The molecule has 220 valence electrons. The molecule has 0 heterocycles. The summed E-state index contributed by atoms with van der Waals surface area (Å²) < 4.78 is 3.41. The fourth-order valence-electron chi connectivity index (χ4n) is 4.33. The Labute approximate surface area is 256 Å². The van der Waals surface area contributed by atoms with E-state index in [1.54, 1.807) is 31.0 Å². The summed E-state index contributed by atoms with van der Waals surface area (Å²) in [5.41, 5.74) is 9.43. The van der Waals surface area contributed by atoms with Gasteiger partial charge in [-0.2, -0.15) is 0 Å². The van der Waals surface area contributed by atoms with Gasteiger partial charge in [-0.25, -0.2) is 0 Å². The van der Waals surface area contributed by atoms with E-state index in [2.05, 4.69) is 147 Å². The molecule has 0 nitrogen and oxygen atoms in total. The summed E-state index contributed by atoms with van der Waals surface area (Å²) in [6.07, 6.45) is 0. The van der Waals surface area contributed by atoms with E-state index in [0.29, 0.717) is 35.5 Å². The van der Waals surface area contributed by atoms with Crippen molar-refractivity contribution in [3.63, 3.8) is 0 Å². The van der Waals surface area contributed by atoms with Crippen molar-refractivity contribution in [3.8, 4) is 0 Å². The molecule has 2 aromatic rings. The van der Waals surface area contributed by atoms with Crippen LogP contribution in [0.4, 0.5) is 0 Å². The second kappa shape index (κ2) is 18.1. The van der Waals surface area contributed by atoms with E-state index in [1.165, 1.54) is 11.1 Å². The molecule has 0 bridgehead atoms. The Kier molecular flexibility index (Phi) is 17.8. The molecule has 0 aromatic heterocycles. The Morgan fingerprint density at radius 1 is 0.385 bits per heavy atom. The Morgan fingerprint density at radius 3 is 0.692 bits per heavy atom. The summed E-state index contributed by atoms with van der Waals surface area (Å²) in [6.45, 7) is 42.0. The summed E-state index contributed by atoms with van der Waals surface area (Å²) in [7, 11) is 0.241. The standard InChI is InChI=1S/C30H46Ge.2C3H9Si/c1-17(2)23-13-25(19(5)6)29(26(14-23)20(7)8)31-30-27(21(9)10)15-24(18(3)4)16-28(30)22(11)12;2*1-4(2)3/h13-22H,1-12H3;2*1-3H3. The van der Waals surface area contributed by atoms with Crippen molar-refractivity contribution in [2.45, 2.75) is 158 Å². The number of benzene rings is 2. The normalized spacial score (nSPS) is 11.7. The van der Waals surface area contributed by atoms with Crippen LogP contribution in [0.25, 0.3) is 0 Å². The maximum Gasteiger partial charge on any atom is 0.0379 e. The molecular weight excluding hydrogens is 561 g/mol. The van der Waals surface area contributed by atoms with Crippen LogP contribution in [0.2, 0.25) is 39.3 Å². The van der Waals surface area contributed by atoms with E-state index < -0.39 is 15.4 Å². The van der Waals surface area contributed by atoms with Gasteiger partial charge in [-0.15, -0.1) is 0 Å². The fourth-order valence-corrected chi connectivity index (χ4v) is 9.09. The second-order valence-electron chi connectivity index (χ2n) is 14.2. The molecule has 0 N–H and O–H groups in total. The van der Waals surface area contributed by atoms with Crippen LogP contribution in [0, 0.1) is 0 Å². The van der Waals surface area contributed by atoms with Crippen LogP contribution < -0.4 is 8.79 Å². The Balaban J connectivity index is 0.00000159. The van der Waals surface area contributed by atoms with Gasteiger partial charge < -0.3 is 0 Å². The van der Waals surface area contributed by atoms with Gasteiger partial charge in [0, 0.05) is 17.6 Å². The van der Waals surface area contributed by atoms with Crippen molar-refractivity contribution in [2.75, 3.05) is 0 Å². The molecule has 2 rings (SSSR count). The van der Waals surface area contributed by atoms with E-state index in [9.17, 15) is 0 Å². The number of hydrogen-bond donors (Lipinski definition) is 0. The second-order valence-corrected chi connectivity index (χ2v) is 22.8. The molecule has 0 aliphatic carbocycles. The topological polar surface area (TPSA) is 0 Å². The van der Waals surface area contributed by atoms with E-state index in [-0.39, 0.29) is 17.6 Å². The molecule has 0 aliphatic rings. The SMILES string of the molecule is CC(C)c1cc(C(C)C)[c]([Ge][c]2c(C(C)C)cc(C(C)C)cc2C(C)C)c(C(C)C)c1.C[Si](C)C.C[Si](C)C. The summed E-state index contributed by atoms with van der Waals surface area (Å²) >= 11 is -0.436. The van der Waals surface area contributed by atoms with Gasteiger partial charge in [-0.3, -0.25) is 0 Å². The minimum atomic E-state index is -0.436. The van der Waals surface area contributed by atoms with Gasteiger partial charge in [0.15, 0.2) is 0 Å². The number of hydrogen-bond acceptors (Lipinski definition) is 0. The van der Waals surface area contributed by atoms with Crippen molar-refractivity contribution >= 4 is 41.8 Å². The zero-order valence-electron chi connectivity index (χ0n) is 29.3. The first kappa shape index (κ1) is 38.4. The zero-order chi connectivity index (χ0) is 30.8. The summed E-state index contributed by atoms with van der Waals surface area (Å²) in [5, 5.41) is 0. The predicted molar refractivity (Wildman–Crippen MR) is 189 cm³/mol. The molecular formula is C36H64GeSi2. The first-order valence-electron chi connectivity index (χ1n) is 15.5. The summed E-state index contributed by atoms with van der Waals surface area (Å²) in [6, 6.07) is 10.1. The van der Waals surface area contributed by atoms with Crippen molar-refractivity contribution < 1.29 is 0 Å². The molecule has 0 aliphatic heterocycles. The molecule has 0 atom stereocenters. The van der Waals surface area contributed by atoms with Crippen LogP contribution in [0.3, 0.4) is 0 Å². The fraction of sp³-hybridized carbons (Fsp3) is 0.667. The molecule has 2 aromatic carbocycles. The molecule has 0 spiro atoms. The molecule has 3 heteroatoms. The third-order valence-electron chi connectivity index (χ3n) is 6.51. The summed E-state index contributed by atoms with van der Waals surface area (Å²) in [5.74, 6) is 3.41. The maximum atomic E-state index is 2.53. The number of rotatable bonds is 8. The Hall–Kier alpha value is -0.583. The minimum Gasteiger partial charge on any atom is -0.0715 e. The largest absolute Gasteiger partial charge is 0.0715 e. The third-order valence-corrected chi connectivity index (χ3v) is 9.99. The van der Waals surface area contributed by atoms with E-state index in [0.717, 1.165) is 0 Å². The van der Waals surface area contributed by atoms with Crippen molar-refractivity contribution in [1.82, 2.24) is 0 Å². The van der Waals surface area contributed by atoms with E-state index in [1.807, 2.05) is 0 Å². The molecule has 0 amide bonds. The average Bonchev–Trinajstić information content (AvgIpc) is 2.77. The van der Waals surface area contributed by atoms with Gasteiger partial charge in [0.05, 0.1) is 0 Å². The van der Waals surface area contributed by atoms with Gasteiger partial charge in [0.1, 0.15) is 0 Å². The molecule has 0 fully saturated rings. The summed E-state index contributed by atoms with van der Waals surface area (Å²) in [4.78, 5) is 0. The quantitative estimate of drug-likeness (QED) is 0.256. The van der Waals surface area contributed by atoms with Gasteiger partial charge in [-0.1, -0.05) is 39.3 Å². The van der Waals surface area contributed by atoms with Crippen molar-refractivity contribution in [2.24, 2.45) is 0 Å². The van der Waals surface area contributed by atoms with Crippen LogP contribution in [0.15, 0.2) is 24.3 Å². The average molecular weight is 626 g/mol. The smallest absolute Gasteiger partial charge is 0.0379 e. The third kappa shape index (κ3) is 13.3. The van der Waals surface area contributed by atoms with E-state index in [4.69, 9.17) is 0 Å². The van der Waals surface area contributed by atoms with E-state index >= 15 is 0 Å². The van der Waals surface area contributed by atoms with Gasteiger partial charge in [0.25, 0.3) is 0 Å². The first-order valence-corrected chi connectivity index (χ1v) is 23.6. The molecule has 0 saturated heterocycles. The van der Waals surface area contributed by atoms with Gasteiger partial charge in [0.2, 0.25) is 0 Å². The molecule has 4 radical (unpaired) electrons. The first-order chi connectivity index (χ1) is 17.8. The van der Waals surface area contributed by atoms with Crippen LogP contribution >= 0.6 is 0 Å². The van der Waals surface area contributed by atoms with Crippen molar-refractivity contribution in [1.29, 1.82) is 0 Å². The molecule has 0 saturated carbocycles. The molecule has 39 heavy (non-hydrogen) atoms. The van der Waals surface area contributed by atoms with Crippen LogP contribution in [0.1, 0.15) is 152 Å². The predicted octanol–water partition coefficient (Wildman–Crippen LogP) is 10.8. The zero-order valence-corrected chi connectivity index (χ0v) is 33.4. The van der Waals surface area contributed by atoms with Crippen LogP contribution in [-0.2, 0) is 0 Å². The minimum absolute atomic E-state index is 0.120.